The number of rotatable bonds is 10. The zero-order valence-corrected chi connectivity index (χ0v) is 25.4. The number of halogens is 1. The van der Waals surface area contributed by atoms with Gasteiger partial charge in [0.2, 0.25) is 12.2 Å². The van der Waals surface area contributed by atoms with Gasteiger partial charge in [0.25, 0.3) is 0 Å². The van der Waals surface area contributed by atoms with Crippen molar-refractivity contribution in [1.82, 2.24) is 4.98 Å². The molecule has 2 fully saturated rings. The van der Waals surface area contributed by atoms with E-state index in [1.807, 2.05) is 36.4 Å². The normalized spacial score (nSPS) is 26.4. The third-order valence-electron chi connectivity index (χ3n) is 8.16. The molecule has 1 amide bonds. The Balaban J connectivity index is 1.22. The maximum atomic E-state index is 13.6. The number of hydrogen-bond donors (Lipinski definition) is 5. The quantitative estimate of drug-likeness (QED) is 0.158. The minimum atomic E-state index is -1.85. The number of aliphatic carboxylic acids is 1. The van der Waals surface area contributed by atoms with Crippen molar-refractivity contribution in [2.45, 2.75) is 48.1 Å². The first-order chi connectivity index (χ1) is 22.6. The van der Waals surface area contributed by atoms with Crippen LogP contribution >= 0.6 is 11.8 Å². The Kier molecular flexibility index (Phi) is 9.55. The molecule has 11 nitrogen and oxygen atoms in total. The van der Waals surface area contributed by atoms with Crippen molar-refractivity contribution in [2.75, 3.05) is 10.7 Å². The summed E-state index contributed by atoms with van der Waals surface area (Å²) in [5.74, 6) is -1.74. The Morgan fingerprint density at radius 2 is 1.64 bits per heavy atom. The Labute approximate surface area is 272 Å². The van der Waals surface area contributed by atoms with Gasteiger partial charge in [-0.05, 0) is 64.7 Å². The molecule has 0 unspecified atom stereocenters. The van der Waals surface area contributed by atoms with Crippen LogP contribution in [0.2, 0.25) is 0 Å². The predicted molar refractivity (Wildman–Crippen MR) is 169 cm³/mol. The molecule has 3 aromatic carbocycles. The maximum Gasteiger partial charge on any atom is 0.335 e. The summed E-state index contributed by atoms with van der Waals surface area (Å²) in [4.78, 5) is 30.9. The van der Waals surface area contributed by atoms with Crippen molar-refractivity contribution in [2.24, 2.45) is 0 Å². The highest BCUT2D eigenvalue weighted by atomic mass is 32.2. The van der Waals surface area contributed by atoms with Crippen LogP contribution in [-0.4, -0.2) is 84.1 Å². The van der Waals surface area contributed by atoms with Gasteiger partial charge in [-0.1, -0.05) is 42.5 Å². The molecule has 4 aromatic rings. The highest BCUT2D eigenvalue weighted by molar-refractivity contribution is 8.00. The first-order valence-electron chi connectivity index (χ1n) is 14.7. The molecule has 8 atom stereocenters. The Morgan fingerprint density at radius 3 is 2.28 bits per heavy atom. The molecule has 0 spiro atoms. The van der Waals surface area contributed by atoms with E-state index in [2.05, 4.69) is 4.98 Å². The molecule has 1 aromatic heterocycles. The second kappa shape index (κ2) is 13.8. The van der Waals surface area contributed by atoms with Crippen LogP contribution in [-0.2, 0) is 14.3 Å². The molecule has 0 aliphatic carbocycles. The number of nitrogens with zero attached hydrogens (tertiary/aromatic N) is 2. The largest absolute Gasteiger partial charge is 0.479 e. The maximum absolute atomic E-state index is 13.6. The van der Waals surface area contributed by atoms with E-state index in [-0.39, 0.29) is 17.4 Å². The summed E-state index contributed by atoms with van der Waals surface area (Å²) in [5, 5.41) is 49.9. The minimum Gasteiger partial charge on any atom is -0.479 e. The number of carbonyl (C=O) groups is 2. The zero-order valence-electron chi connectivity index (χ0n) is 24.6. The van der Waals surface area contributed by atoms with Gasteiger partial charge < -0.3 is 39.9 Å². The predicted octanol–water partition coefficient (Wildman–Crippen LogP) is 3.08. The third kappa shape index (κ3) is 6.72. The van der Waals surface area contributed by atoms with Gasteiger partial charge in [-0.25, -0.2) is 9.18 Å². The lowest BCUT2D eigenvalue weighted by atomic mass is 9.92. The summed E-state index contributed by atoms with van der Waals surface area (Å²) in [5.41, 5.74) is 3.77. The molecule has 2 aliphatic rings. The second-order valence-electron chi connectivity index (χ2n) is 11.2. The number of aromatic nitrogens is 1. The Morgan fingerprint density at radius 1 is 0.936 bits per heavy atom. The van der Waals surface area contributed by atoms with E-state index in [9.17, 15) is 39.5 Å². The van der Waals surface area contributed by atoms with Crippen LogP contribution in [0.3, 0.4) is 0 Å². The number of anilines is 1. The van der Waals surface area contributed by atoms with Crippen LogP contribution in [0.5, 0.6) is 5.75 Å². The molecule has 3 heterocycles. The zero-order chi connectivity index (χ0) is 33.2. The van der Waals surface area contributed by atoms with Crippen LogP contribution < -0.4 is 9.64 Å². The lowest BCUT2D eigenvalue weighted by Crippen LogP contribution is -2.61. The molecule has 6 rings (SSSR count). The van der Waals surface area contributed by atoms with Crippen LogP contribution in [0, 0.1) is 5.82 Å². The number of aliphatic hydroxyl groups is 4. The summed E-state index contributed by atoms with van der Waals surface area (Å²) in [6, 6.07) is 22.9. The standard InChI is InChI=1S/C34H31FN2O9S/c35-22-9-3-19(4-10-22)25(38)17-47-31-26(37(32(31)42)23-11-5-18(6-12-23)21-2-1-15-36-16-21)20-7-13-24(14-8-20)45-34-29(41)27(39)28(40)30(46-34)33(43)44/h1-16,25-31,34,38-41H,17H2,(H,43,44)/t25-,26-,27+,28+,29-,30+,31-,34-/m1/s1. The van der Waals surface area contributed by atoms with Crippen LogP contribution in [0.25, 0.3) is 11.1 Å². The van der Waals surface area contributed by atoms with Crippen molar-refractivity contribution in [3.63, 3.8) is 0 Å². The summed E-state index contributed by atoms with van der Waals surface area (Å²) in [6.07, 6.45) is -6.25. The Hall–Kier alpha value is -4.37. The summed E-state index contributed by atoms with van der Waals surface area (Å²) >= 11 is 1.28. The Bertz CT molecular complexity index is 1700. The van der Waals surface area contributed by atoms with E-state index >= 15 is 0 Å². The van der Waals surface area contributed by atoms with Gasteiger partial charge in [0.15, 0.2) is 6.10 Å². The van der Waals surface area contributed by atoms with Gasteiger partial charge >= 0.3 is 5.97 Å². The lowest BCUT2D eigenvalue weighted by molar-refractivity contribution is -0.271. The molecular weight excluding hydrogens is 631 g/mol. The van der Waals surface area contributed by atoms with Gasteiger partial charge in [0.1, 0.15) is 35.1 Å². The number of carboxylic acid groups (broad SMARTS) is 1. The van der Waals surface area contributed by atoms with Gasteiger partial charge in [0, 0.05) is 23.8 Å². The van der Waals surface area contributed by atoms with E-state index in [1.54, 1.807) is 41.6 Å². The topological polar surface area (TPSA) is 170 Å². The van der Waals surface area contributed by atoms with Gasteiger partial charge in [-0.3, -0.25) is 9.78 Å². The van der Waals surface area contributed by atoms with E-state index in [1.165, 1.54) is 36.0 Å². The third-order valence-corrected chi connectivity index (χ3v) is 9.49. The van der Waals surface area contributed by atoms with E-state index in [0.29, 0.717) is 11.3 Å². The number of hydrogen-bond acceptors (Lipinski definition) is 10. The number of thioether (sulfide) groups is 1. The van der Waals surface area contributed by atoms with Crippen LogP contribution in [0.15, 0.2) is 97.3 Å². The monoisotopic (exact) mass is 662 g/mol. The number of aliphatic hydroxyl groups excluding tert-OH is 4. The smallest absolute Gasteiger partial charge is 0.335 e. The molecule has 5 N–H and O–H groups in total. The minimum absolute atomic E-state index is 0.160. The summed E-state index contributed by atoms with van der Waals surface area (Å²) in [7, 11) is 0. The number of ether oxygens (including phenoxy) is 2. The van der Waals surface area contributed by atoms with Crippen molar-refractivity contribution in [3.05, 3.63) is 114 Å². The lowest BCUT2D eigenvalue weighted by Gasteiger charge is -2.47. The molecule has 0 bridgehead atoms. The SMILES string of the molecule is O=C(O)[C@H]1O[C@@H](Oc2ccc([C@@H]3[C@@H](SC[C@@H](O)c4ccc(F)cc4)C(=O)N3c3ccc(-c4cccnc4)cc3)cc2)[C@H](O)[C@@H](O)[C@@H]1O. The van der Waals surface area contributed by atoms with Gasteiger partial charge in [-0.2, -0.15) is 0 Å². The molecule has 244 valence electrons. The molecule has 47 heavy (non-hydrogen) atoms. The highest BCUT2D eigenvalue weighted by Crippen LogP contribution is 2.46. The fourth-order valence-corrected chi connectivity index (χ4v) is 6.89. The van der Waals surface area contributed by atoms with Crippen LogP contribution in [0.1, 0.15) is 23.3 Å². The number of carboxylic acids is 1. The number of pyridine rings is 1. The number of carbonyl (C=O) groups excluding carboxylic acids is 1. The highest BCUT2D eigenvalue weighted by Gasteiger charge is 2.50. The molecular formula is C34H31FN2O9S. The van der Waals surface area contributed by atoms with Gasteiger partial charge in [0.05, 0.1) is 12.1 Å². The van der Waals surface area contributed by atoms with Crippen LogP contribution in [0.4, 0.5) is 10.1 Å². The molecule has 0 saturated carbocycles. The molecule has 2 saturated heterocycles. The summed E-state index contributed by atoms with van der Waals surface area (Å²) in [6.45, 7) is 0. The van der Waals surface area contributed by atoms with E-state index < -0.39 is 59.9 Å². The van der Waals surface area contributed by atoms with Crippen molar-refractivity contribution in [1.29, 1.82) is 0 Å². The van der Waals surface area contributed by atoms with Crippen molar-refractivity contribution < 1.29 is 49.0 Å². The first-order valence-corrected chi connectivity index (χ1v) is 15.7. The molecule has 2 aliphatic heterocycles. The van der Waals surface area contributed by atoms with E-state index in [4.69, 9.17) is 9.47 Å². The second-order valence-corrected chi connectivity index (χ2v) is 12.4. The average Bonchev–Trinajstić information content (AvgIpc) is 3.08. The summed E-state index contributed by atoms with van der Waals surface area (Å²) < 4.78 is 24.3. The average molecular weight is 663 g/mol. The fourth-order valence-electron chi connectivity index (χ4n) is 5.59. The number of benzene rings is 3. The molecule has 0 radical (unpaired) electrons. The fraction of sp³-hybridized carbons (Fsp3) is 0.265. The van der Waals surface area contributed by atoms with Gasteiger partial charge in [-0.15, -0.1) is 11.8 Å². The molecule has 13 heteroatoms. The van der Waals surface area contributed by atoms with Crippen molar-refractivity contribution in [3.8, 4) is 16.9 Å². The number of β-lactam (4-membered cyclic amide) rings is 1. The number of amides is 1. The first kappa shape index (κ1) is 32.6. The van der Waals surface area contributed by atoms with Crippen molar-refractivity contribution >= 4 is 29.3 Å². The van der Waals surface area contributed by atoms with E-state index in [0.717, 1.165) is 16.7 Å².